The molecule has 0 saturated heterocycles. The van der Waals surface area contributed by atoms with Crippen LogP contribution in [0, 0.1) is 29.6 Å². The highest BCUT2D eigenvalue weighted by atomic mass is 19.4. The van der Waals surface area contributed by atoms with Crippen molar-refractivity contribution in [3.63, 3.8) is 0 Å². The topological polar surface area (TPSA) is 90.9 Å². The first-order chi connectivity index (χ1) is 14.9. The number of rotatable bonds is 3. The maximum Gasteiger partial charge on any atom is 0.433 e. The van der Waals surface area contributed by atoms with Crippen molar-refractivity contribution in [2.75, 3.05) is 0 Å². The largest absolute Gasteiger partial charge is 0.457 e. The summed E-state index contributed by atoms with van der Waals surface area (Å²) in [5.41, 5.74) is -5.59. The summed E-state index contributed by atoms with van der Waals surface area (Å²) in [4.78, 5) is 3.16. The average molecular weight is 451 g/mol. The Balaban J connectivity index is 2.32. The lowest BCUT2D eigenvalue weighted by Crippen LogP contribution is -2.18. The first kappa shape index (κ1) is 22.6. The summed E-state index contributed by atoms with van der Waals surface area (Å²) in [6.07, 6.45) is -5.99. The van der Waals surface area contributed by atoms with Gasteiger partial charge in [0, 0.05) is 6.08 Å². The van der Waals surface area contributed by atoms with Gasteiger partial charge in [0.1, 0.15) is 40.6 Å². The quantitative estimate of drug-likeness (QED) is 0.380. The molecule has 32 heavy (non-hydrogen) atoms. The number of aryl methyl sites for hydroxylation is 1. The van der Waals surface area contributed by atoms with Crippen LogP contribution in [0.4, 0.5) is 26.3 Å². The van der Waals surface area contributed by atoms with Gasteiger partial charge in [0.05, 0.1) is 5.57 Å². The molecular weight excluding hydrogens is 440 g/mol. The highest BCUT2D eigenvalue weighted by molar-refractivity contribution is 5.91. The number of fused-ring (bicyclic) bond motifs is 1. The summed E-state index contributed by atoms with van der Waals surface area (Å²) < 4.78 is 85.3. The Bertz CT molecular complexity index is 1340. The van der Waals surface area contributed by atoms with Crippen molar-refractivity contribution < 1.29 is 30.8 Å². The van der Waals surface area contributed by atoms with Gasteiger partial charge < -0.3 is 4.42 Å². The van der Waals surface area contributed by atoms with Gasteiger partial charge in [0.2, 0.25) is 0 Å². The Hall–Kier alpha value is -4.06. The van der Waals surface area contributed by atoms with E-state index in [1.54, 1.807) is 32.1 Å². The van der Waals surface area contributed by atoms with E-state index in [-0.39, 0.29) is 16.3 Å². The monoisotopic (exact) mass is 451 g/mol. The van der Waals surface area contributed by atoms with Crippen LogP contribution >= 0.6 is 0 Å². The lowest BCUT2D eigenvalue weighted by Gasteiger charge is -2.12. The summed E-state index contributed by atoms with van der Waals surface area (Å²) in [6, 6.07) is 4.52. The number of aromatic nitrogens is 3. The van der Waals surface area contributed by atoms with E-state index in [9.17, 15) is 36.9 Å². The first-order valence-corrected chi connectivity index (χ1v) is 8.74. The van der Waals surface area contributed by atoms with Gasteiger partial charge >= 0.3 is 12.4 Å². The van der Waals surface area contributed by atoms with E-state index >= 15 is 0 Å². The van der Waals surface area contributed by atoms with Crippen LogP contribution in [-0.4, -0.2) is 14.6 Å². The predicted octanol–water partition coefficient (Wildman–Crippen LogP) is 5.64. The number of hydrogen-bond acceptors (Lipinski definition) is 5. The van der Waals surface area contributed by atoms with Crippen LogP contribution in [0.3, 0.4) is 0 Å². The van der Waals surface area contributed by atoms with E-state index in [4.69, 9.17) is 4.42 Å². The molecule has 0 amide bonds. The van der Waals surface area contributed by atoms with Crippen molar-refractivity contribution in [2.45, 2.75) is 26.2 Å². The molecule has 3 rings (SSSR count). The molecule has 3 aromatic rings. The van der Waals surface area contributed by atoms with E-state index in [0.717, 1.165) is 6.08 Å². The zero-order valence-corrected chi connectivity index (χ0v) is 16.3. The van der Waals surface area contributed by atoms with Gasteiger partial charge in [-0.15, -0.1) is 0 Å². The Morgan fingerprint density at radius 2 is 1.81 bits per heavy atom. The van der Waals surface area contributed by atoms with Crippen LogP contribution in [0.5, 0.6) is 0 Å². The molecule has 0 spiro atoms. The Kier molecular flexibility index (Phi) is 5.58. The summed E-state index contributed by atoms with van der Waals surface area (Å²) in [5, 5.41) is 22.6. The fourth-order valence-electron chi connectivity index (χ4n) is 2.86. The van der Waals surface area contributed by atoms with Gasteiger partial charge in [0.25, 0.3) is 0 Å². The molecule has 6 nitrogen and oxygen atoms in total. The summed E-state index contributed by atoms with van der Waals surface area (Å²) in [7, 11) is 0. The summed E-state index contributed by atoms with van der Waals surface area (Å²) in [5.74, 6) is 0.593. The summed E-state index contributed by atoms with van der Waals surface area (Å²) >= 11 is 0. The second kappa shape index (κ2) is 7.89. The number of nitriles is 2. The summed E-state index contributed by atoms with van der Waals surface area (Å²) in [6.45, 7) is 3.46. The van der Waals surface area contributed by atoms with Crippen molar-refractivity contribution in [3.05, 3.63) is 57.9 Å². The normalized spacial score (nSPS) is 13.0. The third-order valence-corrected chi connectivity index (χ3v) is 4.24. The van der Waals surface area contributed by atoms with Crippen LogP contribution in [0.15, 0.2) is 22.6 Å². The molecule has 0 saturated carbocycles. The van der Waals surface area contributed by atoms with Gasteiger partial charge in [-0.1, -0.05) is 6.08 Å². The second-order valence-electron chi connectivity index (χ2n) is 6.46. The Morgan fingerprint density at radius 3 is 2.34 bits per heavy atom. The van der Waals surface area contributed by atoms with E-state index in [2.05, 4.69) is 10.1 Å². The fourth-order valence-corrected chi connectivity index (χ4v) is 2.86. The smallest absolute Gasteiger partial charge is 0.433 e. The average Bonchev–Trinajstić information content (AvgIpc) is 3.23. The molecule has 3 heterocycles. The van der Waals surface area contributed by atoms with Gasteiger partial charge in [-0.2, -0.15) is 42.0 Å². The third kappa shape index (κ3) is 4.07. The molecule has 0 radical (unpaired) electrons. The van der Waals surface area contributed by atoms with Crippen molar-refractivity contribution in [2.24, 2.45) is 0 Å². The lowest BCUT2D eigenvalue weighted by atomic mass is 10.1. The van der Waals surface area contributed by atoms with Crippen LogP contribution in [-0.2, 0) is 12.4 Å². The van der Waals surface area contributed by atoms with Gasteiger partial charge in [-0.25, -0.2) is 9.50 Å². The molecule has 0 aliphatic heterocycles. The minimum atomic E-state index is -5.24. The standard InChI is InChI=1S/C20H11F6N5O/c1-3-4-14-10(2)5-12(32-14)6-11(8-27)17-13(9-28)18-29-15(19(21,22)23)7-16(20(24,25)26)31(18)30-17/h3-7H,1-2H3. The number of halogens is 6. The molecule has 12 heteroatoms. The molecule has 0 aliphatic rings. The molecule has 0 aromatic carbocycles. The third-order valence-electron chi connectivity index (χ3n) is 4.24. The zero-order valence-electron chi connectivity index (χ0n) is 16.3. The molecule has 164 valence electrons. The van der Waals surface area contributed by atoms with Crippen molar-refractivity contribution in [1.82, 2.24) is 14.6 Å². The van der Waals surface area contributed by atoms with E-state index in [0.29, 0.717) is 11.3 Å². The number of furan rings is 1. The Morgan fingerprint density at radius 1 is 1.12 bits per heavy atom. The van der Waals surface area contributed by atoms with E-state index < -0.39 is 46.2 Å². The van der Waals surface area contributed by atoms with Gasteiger partial charge in [-0.3, -0.25) is 0 Å². The van der Waals surface area contributed by atoms with Crippen LogP contribution < -0.4 is 0 Å². The molecular formula is C20H11F6N5O. The van der Waals surface area contributed by atoms with Crippen molar-refractivity contribution in [1.29, 1.82) is 10.5 Å². The van der Waals surface area contributed by atoms with Crippen LogP contribution in [0.25, 0.3) is 23.4 Å². The minimum absolute atomic E-state index is 0.0763. The van der Waals surface area contributed by atoms with Crippen molar-refractivity contribution >= 4 is 23.4 Å². The maximum absolute atomic E-state index is 13.4. The number of allylic oxidation sites excluding steroid dienone is 2. The SMILES string of the molecule is CC=Cc1oc(C=C(C#N)c2nn3c(C(F)(F)F)cc(C(F)(F)F)nc3c2C#N)cc1C. The molecule has 0 fully saturated rings. The zero-order chi connectivity index (χ0) is 23.8. The van der Waals surface area contributed by atoms with Gasteiger partial charge in [-0.05, 0) is 37.6 Å². The minimum Gasteiger partial charge on any atom is -0.457 e. The fraction of sp³-hybridized carbons (Fsp3) is 0.200. The highest BCUT2D eigenvalue weighted by Gasteiger charge is 2.41. The second-order valence-corrected chi connectivity index (χ2v) is 6.46. The van der Waals surface area contributed by atoms with Crippen LogP contribution in [0.1, 0.15) is 46.7 Å². The van der Waals surface area contributed by atoms with Crippen molar-refractivity contribution in [3.8, 4) is 12.1 Å². The van der Waals surface area contributed by atoms with E-state index in [1.807, 2.05) is 0 Å². The predicted molar refractivity (Wildman–Crippen MR) is 99.3 cm³/mol. The molecule has 0 bridgehead atoms. The van der Waals surface area contributed by atoms with Crippen LogP contribution in [0.2, 0.25) is 0 Å². The molecule has 3 aromatic heterocycles. The lowest BCUT2D eigenvalue weighted by molar-refractivity contribution is -0.148. The molecule has 0 N–H and O–H groups in total. The molecule has 0 aliphatic carbocycles. The van der Waals surface area contributed by atoms with E-state index in [1.165, 1.54) is 12.1 Å². The maximum atomic E-state index is 13.4. The molecule has 0 atom stereocenters. The first-order valence-electron chi connectivity index (χ1n) is 8.74. The van der Waals surface area contributed by atoms with Gasteiger partial charge in [0.15, 0.2) is 11.3 Å². The molecule has 0 unspecified atom stereocenters. The number of hydrogen-bond donors (Lipinski definition) is 0. The number of nitrogens with zero attached hydrogens (tertiary/aromatic N) is 5. The Labute approximate surface area is 176 Å². The highest BCUT2D eigenvalue weighted by Crippen LogP contribution is 2.36. The number of alkyl halides is 6.